The van der Waals surface area contributed by atoms with Crippen molar-refractivity contribution >= 4 is 23.1 Å². The van der Waals surface area contributed by atoms with Crippen molar-refractivity contribution in [3.8, 4) is 11.3 Å². The predicted octanol–water partition coefficient (Wildman–Crippen LogP) is 3.57. The van der Waals surface area contributed by atoms with Gasteiger partial charge in [0.05, 0.1) is 18.4 Å². The molecule has 10 heteroatoms. The third kappa shape index (κ3) is 4.14. The normalized spacial score (nSPS) is 14.0. The first-order chi connectivity index (χ1) is 16.5. The van der Waals surface area contributed by atoms with Crippen molar-refractivity contribution < 1.29 is 18.0 Å². The zero-order chi connectivity index (χ0) is 23.7. The fourth-order valence-corrected chi connectivity index (χ4v) is 4.12. The molecule has 1 aliphatic heterocycles. The van der Waals surface area contributed by atoms with Gasteiger partial charge in [-0.1, -0.05) is 12.1 Å². The summed E-state index contributed by atoms with van der Waals surface area (Å²) in [6.07, 6.45) is 4.83. The second-order valence-corrected chi connectivity index (χ2v) is 7.91. The van der Waals surface area contributed by atoms with Crippen molar-refractivity contribution in [3.05, 3.63) is 78.5 Å². The summed E-state index contributed by atoms with van der Waals surface area (Å²) in [5.41, 5.74) is 1.54. The molecule has 1 fully saturated rings. The first-order valence-corrected chi connectivity index (χ1v) is 10.8. The van der Waals surface area contributed by atoms with Crippen LogP contribution in [0.25, 0.3) is 16.9 Å². The Morgan fingerprint density at radius 3 is 2.56 bits per heavy atom. The van der Waals surface area contributed by atoms with Crippen LogP contribution >= 0.6 is 0 Å². The number of hydrogen-bond acceptors (Lipinski definition) is 5. The molecular weight excluding hydrogens is 445 g/mol. The van der Waals surface area contributed by atoms with Crippen LogP contribution in [0.1, 0.15) is 0 Å². The average molecular weight is 466 g/mol. The summed E-state index contributed by atoms with van der Waals surface area (Å²) in [6.45, 7) is 1.62. The molecule has 5 rings (SSSR count). The number of rotatable bonds is 5. The number of nitrogens with zero attached hydrogens (tertiary/aromatic N) is 5. The van der Waals surface area contributed by atoms with Crippen molar-refractivity contribution in [3.63, 3.8) is 0 Å². The molecule has 1 amide bonds. The fraction of sp³-hybridized carbons (Fsp3) is 0.208. The van der Waals surface area contributed by atoms with E-state index in [1.807, 2.05) is 0 Å². The van der Waals surface area contributed by atoms with Gasteiger partial charge in [-0.15, -0.1) is 0 Å². The molecule has 1 N–H and O–H groups in total. The minimum Gasteiger partial charge on any atom is -0.366 e. The number of imidazole rings is 1. The van der Waals surface area contributed by atoms with Gasteiger partial charge in [-0.2, -0.15) is 0 Å². The van der Waals surface area contributed by atoms with Crippen molar-refractivity contribution in [2.75, 3.05) is 42.9 Å². The number of carbonyl (C=O) groups is 1. The van der Waals surface area contributed by atoms with Gasteiger partial charge in [0.25, 0.3) is 0 Å². The van der Waals surface area contributed by atoms with Crippen LogP contribution < -0.4 is 10.2 Å². The van der Waals surface area contributed by atoms with Crippen LogP contribution in [-0.4, -0.2) is 57.9 Å². The van der Waals surface area contributed by atoms with Crippen LogP contribution in [0.5, 0.6) is 0 Å². The quantitative estimate of drug-likeness (QED) is 0.487. The number of carbonyl (C=O) groups excluding carboxylic acids is 1. The predicted molar refractivity (Wildman–Crippen MR) is 122 cm³/mol. The lowest BCUT2D eigenvalue weighted by Gasteiger charge is -2.36. The number of aromatic nitrogens is 3. The lowest BCUT2D eigenvalue weighted by atomic mass is 10.1. The van der Waals surface area contributed by atoms with Crippen LogP contribution in [0.4, 0.5) is 24.7 Å². The largest absolute Gasteiger partial charge is 0.366 e. The number of anilines is 2. The van der Waals surface area contributed by atoms with Gasteiger partial charge < -0.3 is 15.1 Å². The smallest absolute Gasteiger partial charge is 0.242 e. The van der Waals surface area contributed by atoms with E-state index in [9.17, 15) is 18.0 Å². The average Bonchev–Trinajstić information content (AvgIpc) is 3.21. The van der Waals surface area contributed by atoms with Gasteiger partial charge >= 0.3 is 0 Å². The maximum Gasteiger partial charge on any atom is 0.242 e. The van der Waals surface area contributed by atoms with Crippen molar-refractivity contribution in [2.45, 2.75) is 0 Å². The summed E-state index contributed by atoms with van der Waals surface area (Å²) in [5, 5.41) is 3.12. The van der Waals surface area contributed by atoms with E-state index >= 15 is 0 Å². The maximum absolute atomic E-state index is 14.5. The molecule has 0 unspecified atom stereocenters. The van der Waals surface area contributed by atoms with E-state index in [4.69, 9.17) is 0 Å². The number of hydrogen-bond donors (Lipinski definition) is 1. The number of fused-ring (bicyclic) bond motifs is 1. The Morgan fingerprint density at radius 2 is 1.79 bits per heavy atom. The SMILES string of the molecule is O=C(CNc1c(-c2ccccc2F)nc2cnccn12)N1CCN(c2ccc(F)cc2F)CC1. The zero-order valence-corrected chi connectivity index (χ0v) is 18.1. The van der Waals surface area contributed by atoms with Gasteiger partial charge in [0.15, 0.2) is 5.65 Å². The number of piperazine rings is 1. The molecule has 0 aliphatic carbocycles. The van der Waals surface area contributed by atoms with E-state index in [2.05, 4.69) is 15.3 Å². The molecule has 0 bridgehead atoms. The van der Waals surface area contributed by atoms with E-state index in [0.717, 1.165) is 6.07 Å². The van der Waals surface area contributed by atoms with Gasteiger partial charge in [-0.3, -0.25) is 14.2 Å². The van der Waals surface area contributed by atoms with Crippen molar-refractivity contribution in [2.24, 2.45) is 0 Å². The van der Waals surface area contributed by atoms with E-state index in [1.165, 1.54) is 18.2 Å². The molecule has 1 aliphatic rings. The molecule has 4 aromatic rings. The van der Waals surface area contributed by atoms with Gasteiger partial charge in [0.2, 0.25) is 5.91 Å². The summed E-state index contributed by atoms with van der Waals surface area (Å²) < 4.78 is 43.5. The fourth-order valence-electron chi connectivity index (χ4n) is 4.12. The molecule has 174 valence electrons. The Balaban J connectivity index is 1.29. The molecule has 2 aromatic carbocycles. The molecule has 0 saturated carbocycles. The summed E-state index contributed by atoms with van der Waals surface area (Å²) in [4.78, 5) is 24.9. The van der Waals surface area contributed by atoms with E-state index in [0.29, 0.717) is 54.6 Å². The summed E-state index contributed by atoms with van der Waals surface area (Å²) >= 11 is 0. The minimum atomic E-state index is -0.626. The van der Waals surface area contributed by atoms with Crippen LogP contribution in [0.15, 0.2) is 61.1 Å². The first-order valence-electron chi connectivity index (χ1n) is 10.8. The first kappa shape index (κ1) is 21.7. The molecule has 34 heavy (non-hydrogen) atoms. The zero-order valence-electron chi connectivity index (χ0n) is 18.1. The van der Waals surface area contributed by atoms with E-state index < -0.39 is 17.5 Å². The van der Waals surface area contributed by atoms with Gasteiger partial charge in [0, 0.05) is 50.2 Å². The van der Waals surface area contributed by atoms with E-state index in [1.54, 1.807) is 51.0 Å². The van der Waals surface area contributed by atoms with Crippen molar-refractivity contribution in [1.29, 1.82) is 0 Å². The highest BCUT2D eigenvalue weighted by Gasteiger charge is 2.24. The minimum absolute atomic E-state index is 0.0253. The molecule has 3 heterocycles. The summed E-state index contributed by atoms with van der Waals surface area (Å²) in [6, 6.07) is 9.80. The highest BCUT2D eigenvalue weighted by Crippen LogP contribution is 2.30. The summed E-state index contributed by atoms with van der Waals surface area (Å²) in [7, 11) is 0. The van der Waals surface area contributed by atoms with Crippen LogP contribution in [0, 0.1) is 17.5 Å². The van der Waals surface area contributed by atoms with Gasteiger partial charge in [-0.05, 0) is 24.3 Å². The molecular formula is C24H21F3N6O. The Kier molecular flexibility index (Phi) is 5.79. The van der Waals surface area contributed by atoms with Crippen LogP contribution in [-0.2, 0) is 4.79 Å². The topological polar surface area (TPSA) is 65.8 Å². The Labute approximate surface area is 193 Å². The Bertz CT molecular complexity index is 1350. The standard InChI is InChI=1S/C24H21F3N6O/c25-16-5-6-20(19(27)13-16)31-9-11-32(12-10-31)22(34)15-29-24-23(17-3-1-2-4-18(17)26)30-21-14-28-7-8-33(21)24/h1-8,13-14,29H,9-12,15H2. The monoisotopic (exact) mass is 466 g/mol. The maximum atomic E-state index is 14.5. The van der Waals surface area contributed by atoms with Crippen molar-refractivity contribution in [1.82, 2.24) is 19.3 Å². The molecule has 0 radical (unpaired) electrons. The van der Waals surface area contributed by atoms with E-state index in [-0.39, 0.29) is 12.5 Å². The second kappa shape index (κ2) is 9.05. The third-order valence-corrected chi connectivity index (χ3v) is 5.85. The highest BCUT2D eigenvalue weighted by molar-refractivity contribution is 5.84. The lowest BCUT2D eigenvalue weighted by molar-refractivity contribution is -0.129. The molecule has 7 nitrogen and oxygen atoms in total. The lowest BCUT2D eigenvalue weighted by Crippen LogP contribution is -2.50. The Hall–Kier alpha value is -4.08. The molecule has 1 saturated heterocycles. The number of halogens is 3. The summed E-state index contributed by atoms with van der Waals surface area (Å²) in [5.74, 6) is -1.33. The van der Waals surface area contributed by atoms with Gasteiger partial charge in [-0.25, -0.2) is 18.2 Å². The number of benzene rings is 2. The molecule has 0 atom stereocenters. The molecule has 2 aromatic heterocycles. The van der Waals surface area contributed by atoms with Gasteiger partial charge in [0.1, 0.15) is 29.0 Å². The Morgan fingerprint density at radius 1 is 1.00 bits per heavy atom. The number of amides is 1. The third-order valence-electron chi connectivity index (χ3n) is 5.85. The second-order valence-electron chi connectivity index (χ2n) is 7.91. The molecule has 0 spiro atoms. The number of nitrogens with one attached hydrogen (secondary N) is 1. The van der Waals surface area contributed by atoms with Crippen LogP contribution in [0.3, 0.4) is 0 Å². The highest BCUT2D eigenvalue weighted by atomic mass is 19.1. The van der Waals surface area contributed by atoms with Crippen LogP contribution in [0.2, 0.25) is 0 Å².